The van der Waals surface area contributed by atoms with Crippen molar-refractivity contribution in [3.05, 3.63) is 0 Å². The van der Waals surface area contributed by atoms with Gasteiger partial charge >= 0.3 is 6.03 Å². The average molecular weight is 284 g/mol. The molecular formula is C14H28N4O2. The molecule has 0 saturated carbocycles. The molecule has 1 heterocycles. The first-order valence-electron chi connectivity index (χ1n) is 7.66. The molecule has 20 heavy (non-hydrogen) atoms. The lowest BCUT2D eigenvalue weighted by molar-refractivity contribution is -0.119. The molecule has 0 aromatic rings. The Balaban J connectivity index is 2.07. The van der Waals surface area contributed by atoms with Crippen molar-refractivity contribution in [2.45, 2.75) is 51.5 Å². The second-order valence-electron chi connectivity index (χ2n) is 5.48. The van der Waals surface area contributed by atoms with Crippen LogP contribution in [0.2, 0.25) is 0 Å². The summed E-state index contributed by atoms with van der Waals surface area (Å²) in [4.78, 5) is 24.5. The number of carbonyl (C=O) groups is 2. The monoisotopic (exact) mass is 284 g/mol. The van der Waals surface area contributed by atoms with Crippen LogP contribution in [0, 0.1) is 0 Å². The number of nitrogens with two attached hydrogens (primary N) is 1. The van der Waals surface area contributed by atoms with E-state index >= 15 is 0 Å². The van der Waals surface area contributed by atoms with Gasteiger partial charge in [0.1, 0.15) is 0 Å². The summed E-state index contributed by atoms with van der Waals surface area (Å²) in [5, 5.41) is 5.89. The summed E-state index contributed by atoms with van der Waals surface area (Å²) in [6.45, 7) is 4.85. The van der Waals surface area contributed by atoms with Crippen LogP contribution in [0.4, 0.5) is 4.79 Å². The van der Waals surface area contributed by atoms with E-state index in [1.54, 1.807) is 0 Å². The topological polar surface area (TPSA) is 87.5 Å². The number of likely N-dealkylation sites (tertiary alicyclic amines) is 1. The summed E-state index contributed by atoms with van der Waals surface area (Å²) in [6.07, 6.45) is 6.38. The number of hydrogen-bond acceptors (Lipinski definition) is 3. The maximum Gasteiger partial charge on any atom is 0.315 e. The van der Waals surface area contributed by atoms with Crippen LogP contribution in [0.25, 0.3) is 0 Å². The number of nitrogens with one attached hydrogen (secondary N) is 2. The van der Waals surface area contributed by atoms with Gasteiger partial charge in [0.25, 0.3) is 0 Å². The zero-order chi connectivity index (χ0) is 14.8. The van der Waals surface area contributed by atoms with E-state index in [-0.39, 0.29) is 18.0 Å². The number of amides is 3. The maximum atomic E-state index is 11.7. The Morgan fingerprint density at radius 1 is 1.20 bits per heavy atom. The van der Waals surface area contributed by atoms with Crippen molar-refractivity contribution in [1.29, 1.82) is 0 Å². The third-order valence-corrected chi connectivity index (χ3v) is 3.62. The van der Waals surface area contributed by atoms with Crippen molar-refractivity contribution in [3.63, 3.8) is 0 Å². The van der Waals surface area contributed by atoms with Crippen molar-refractivity contribution in [2.24, 2.45) is 5.73 Å². The largest absolute Gasteiger partial charge is 0.369 e. The van der Waals surface area contributed by atoms with Gasteiger partial charge in [-0.1, -0.05) is 26.2 Å². The fourth-order valence-electron chi connectivity index (χ4n) is 2.45. The maximum absolute atomic E-state index is 11.7. The zero-order valence-electron chi connectivity index (χ0n) is 12.5. The molecule has 0 aromatic carbocycles. The first-order chi connectivity index (χ1) is 9.61. The molecule has 0 aromatic heterocycles. The van der Waals surface area contributed by atoms with Gasteiger partial charge in [-0.3, -0.25) is 9.69 Å². The molecule has 0 spiro atoms. The van der Waals surface area contributed by atoms with Crippen LogP contribution in [-0.2, 0) is 4.79 Å². The normalized spacial score (nSPS) is 16.9. The van der Waals surface area contributed by atoms with E-state index in [9.17, 15) is 9.59 Å². The summed E-state index contributed by atoms with van der Waals surface area (Å²) in [5.41, 5.74) is 5.17. The van der Waals surface area contributed by atoms with E-state index < -0.39 is 0 Å². The number of nitrogens with zero attached hydrogens (tertiary/aromatic N) is 1. The standard InChI is InChI=1S/C14H28N4O2/c1-2-3-4-5-8-16-14(20)17-12-6-9-18(10-7-12)11-13(15)19/h12H,2-11H2,1H3,(H2,15,19)(H2,16,17,20). The van der Waals surface area contributed by atoms with Crippen molar-refractivity contribution in [2.75, 3.05) is 26.2 Å². The molecule has 116 valence electrons. The molecule has 1 aliphatic heterocycles. The minimum absolute atomic E-state index is 0.0742. The number of piperidine rings is 1. The van der Waals surface area contributed by atoms with Crippen LogP contribution >= 0.6 is 0 Å². The molecule has 0 radical (unpaired) electrons. The molecule has 6 nitrogen and oxygen atoms in total. The summed E-state index contributed by atoms with van der Waals surface area (Å²) in [7, 11) is 0. The predicted molar refractivity (Wildman–Crippen MR) is 79.3 cm³/mol. The first-order valence-corrected chi connectivity index (χ1v) is 7.66. The molecule has 0 unspecified atom stereocenters. The van der Waals surface area contributed by atoms with Crippen LogP contribution in [0.5, 0.6) is 0 Å². The summed E-state index contributed by atoms with van der Waals surface area (Å²) < 4.78 is 0. The molecule has 1 saturated heterocycles. The van der Waals surface area contributed by atoms with E-state index in [1.807, 2.05) is 4.90 Å². The molecule has 1 fully saturated rings. The summed E-state index contributed by atoms with van der Waals surface area (Å²) >= 11 is 0. The lowest BCUT2D eigenvalue weighted by Gasteiger charge is -2.31. The van der Waals surface area contributed by atoms with Gasteiger partial charge in [-0.05, 0) is 19.3 Å². The molecule has 1 rings (SSSR count). The van der Waals surface area contributed by atoms with Crippen LogP contribution in [-0.4, -0.2) is 49.1 Å². The number of hydrogen-bond donors (Lipinski definition) is 3. The number of primary amides is 1. The number of unbranched alkanes of at least 4 members (excludes halogenated alkanes) is 3. The van der Waals surface area contributed by atoms with Gasteiger partial charge in [0, 0.05) is 25.7 Å². The Labute approximate surface area is 121 Å². The van der Waals surface area contributed by atoms with E-state index in [2.05, 4.69) is 17.6 Å². The van der Waals surface area contributed by atoms with E-state index in [4.69, 9.17) is 5.73 Å². The van der Waals surface area contributed by atoms with Crippen molar-refractivity contribution < 1.29 is 9.59 Å². The number of rotatable bonds is 8. The predicted octanol–water partition coefficient (Wildman–Crippen LogP) is 0.816. The van der Waals surface area contributed by atoms with E-state index in [1.165, 1.54) is 19.3 Å². The lowest BCUT2D eigenvalue weighted by Crippen LogP contribution is -2.49. The van der Waals surface area contributed by atoms with Crippen LogP contribution in [0.3, 0.4) is 0 Å². The minimum atomic E-state index is -0.291. The summed E-state index contributed by atoms with van der Waals surface area (Å²) in [5.74, 6) is -0.291. The van der Waals surface area contributed by atoms with Crippen molar-refractivity contribution >= 4 is 11.9 Å². The fourth-order valence-corrected chi connectivity index (χ4v) is 2.45. The van der Waals surface area contributed by atoms with Gasteiger partial charge < -0.3 is 16.4 Å². The highest BCUT2D eigenvalue weighted by Crippen LogP contribution is 2.09. The van der Waals surface area contributed by atoms with Crippen molar-refractivity contribution in [3.8, 4) is 0 Å². The van der Waals surface area contributed by atoms with Gasteiger partial charge in [0.15, 0.2) is 0 Å². The van der Waals surface area contributed by atoms with Gasteiger partial charge in [-0.15, -0.1) is 0 Å². The van der Waals surface area contributed by atoms with E-state index in [0.29, 0.717) is 6.54 Å². The number of urea groups is 1. The number of carbonyl (C=O) groups excluding carboxylic acids is 2. The van der Waals surface area contributed by atoms with Crippen LogP contribution < -0.4 is 16.4 Å². The average Bonchev–Trinajstić information content (AvgIpc) is 2.40. The minimum Gasteiger partial charge on any atom is -0.369 e. The molecule has 1 aliphatic rings. The molecule has 6 heteroatoms. The Morgan fingerprint density at radius 3 is 2.50 bits per heavy atom. The Kier molecular flexibility index (Phi) is 8.02. The SMILES string of the molecule is CCCCCCNC(=O)NC1CCN(CC(N)=O)CC1. The van der Waals surface area contributed by atoms with E-state index in [0.717, 1.165) is 38.9 Å². The second-order valence-corrected chi connectivity index (χ2v) is 5.48. The highest BCUT2D eigenvalue weighted by molar-refractivity contribution is 5.76. The van der Waals surface area contributed by atoms with Gasteiger partial charge in [-0.25, -0.2) is 4.79 Å². The van der Waals surface area contributed by atoms with Gasteiger partial charge in [0.05, 0.1) is 6.54 Å². The molecule has 0 bridgehead atoms. The Morgan fingerprint density at radius 2 is 1.90 bits per heavy atom. The molecule has 4 N–H and O–H groups in total. The van der Waals surface area contributed by atoms with Gasteiger partial charge in [0.2, 0.25) is 5.91 Å². The smallest absolute Gasteiger partial charge is 0.315 e. The third-order valence-electron chi connectivity index (χ3n) is 3.62. The lowest BCUT2D eigenvalue weighted by atomic mass is 10.1. The molecule has 3 amide bonds. The highest BCUT2D eigenvalue weighted by atomic mass is 16.2. The quantitative estimate of drug-likeness (QED) is 0.577. The second kappa shape index (κ2) is 9.58. The third kappa shape index (κ3) is 7.33. The zero-order valence-corrected chi connectivity index (χ0v) is 12.5. The fraction of sp³-hybridized carbons (Fsp3) is 0.857. The van der Waals surface area contributed by atoms with Gasteiger partial charge in [-0.2, -0.15) is 0 Å². The Bertz CT molecular complexity index is 302. The first kappa shape index (κ1) is 16.8. The van der Waals surface area contributed by atoms with Crippen LogP contribution in [0.15, 0.2) is 0 Å². The highest BCUT2D eigenvalue weighted by Gasteiger charge is 2.21. The Hall–Kier alpha value is -1.30. The van der Waals surface area contributed by atoms with Crippen LogP contribution in [0.1, 0.15) is 45.4 Å². The molecule has 0 aliphatic carbocycles. The molecular weight excluding hydrogens is 256 g/mol. The van der Waals surface area contributed by atoms with Crippen molar-refractivity contribution in [1.82, 2.24) is 15.5 Å². The molecule has 0 atom stereocenters. The summed E-state index contributed by atoms with van der Waals surface area (Å²) in [6, 6.07) is 0.129.